The van der Waals surface area contributed by atoms with Crippen molar-refractivity contribution in [1.29, 1.82) is 0 Å². The zero-order valence-electron chi connectivity index (χ0n) is 15.1. The third kappa shape index (κ3) is 3.83. The molecule has 144 valence electrons. The van der Waals surface area contributed by atoms with E-state index in [1.165, 1.54) is 23.1 Å². The highest BCUT2D eigenvalue weighted by molar-refractivity contribution is 9.11. The average Bonchev–Trinajstić information content (AvgIpc) is 3.08. The van der Waals surface area contributed by atoms with Gasteiger partial charge in [-0.2, -0.15) is 5.10 Å². The Morgan fingerprint density at radius 2 is 2.04 bits per heavy atom. The first-order valence-electron chi connectivity index (χ1n) is 8.81. The van der Waals surface area contributed by atoms with Crippen LogP contribution in [0.1, 0.15) is 24.1 Å². The molecule has 3 heterocycles. The molecule has 28 heavy (non-hydrogen) atoms. The molecule has 1 N–H and O–H groups in total. The van der Waals surface area contributed by atoms with Crippen molar-refractivity contribution in [2.45, 2.75) is 25.8 Å². The van der Waals surface area contributed by atoms with Gasteiger partial charge in [0.15, 0.2) is 0 Å². The molecular weight excluding hydrogens is 520 g/mol. The van der Waals surface area contributed by atoms with Gasteiger partial charge in [0.1, 0.15) is 0 Å². The van der Waals surface area contributed by atoms with Crippen LogP contribution in [0, 0.1) is 6.92 Å². The second-order valence-corrected chi connectivity index (χ2v) is 9.93. The molecule has 1 aliphatic rings. The lowest BCUT2D eigenvalue weighted by atomic mass is 10.1. The summed E-state index contributed by atoms with van der Waals surface area (Å²) in [5, 5.41) is 8.21. The second-order valence-electron chi connectivity index (χ2n) is 6.63. The summed E-state index contributed by atoms with van der Waals surface area (Å²) in [6.45, 7) is 2.09. The van der Waals surface area contributed by atoms with E-state index in [9.17, 15) is 0 Å². The number of halogens is 2. The van der Waals surface area contributed by atoms with Gasteiger partial charge in [-0.1, -0.05) is 18.2 Å². The minimum absolute atomic E-state index is 0. The average molecular weight is 538 g/mol. The Hall–Kier alpha value is -1.48. The van der Waals surface area contributed by atoms with Crippen LogP contribution in [0.3, 0.4) is 0 Å². The molecule has 0 radical (unpaired) electrons. The number of aromatic nitrogens is 2. The van der Waals surface area contributed by atoms with Crippen LogP contribution >= 0.6 is 55.6 Å². The molecule has 1 fully saturated rings. The van der Waals surface area contributed by atoms with Crippen molar-refractivity contribution >= 4 is 72.7 Å². The number of hydrogen-bond acceptors (Lipinski definition) is 4. The van der Waals surface area contributed by atoms with Gasteiger partial charge in [-0.25, -0.2) is 4.68 Å². The van der Waals surface area contributed by atoms with Gasteiger partial charge in [-0.3, -0.25) is 4.99 Å². The minimum Gasteiger partial charge on any atom is -0.358 e. The predicted octanol–water partition coefficient (Wildman–Crippen LogP) is 6.35. The van der Waals surface area contributed by atoms with Gasteiger partial charge in [0.05, 0.1) is 26.6 Å². The largest absolute Gasteiger partial charge is 0.358 e. The van der Waals surface area contributed by atoms with Crippen LogP contribution in [-0.2, 0) is 0 Å². The summed E-state index contributed by atoms with van der Waals surface area (Å²) in [4.78, 5) is 10.4. The van der Waals surface area contributed by atoms with Crippen molar-refractivity contribution in [3.63, 3.8) is 0 Å². The second kappa shape index (κ2) is 8.10. The Balaban J connectivity index is 0.00000192. The van der Waals surface area contributed by atoms with Gasteiger partial charge >= 0.3 is 0 Å². The van der Waals surface area contributed by atoms with Crippen LogP contribution in [0.25, 0.3) is 21.5 Å². The van der Waals surface area contributed by atoms with Crippen molar-refractivity contribution < 1.29 is 0 Å². The fourth-order valence-corrected chi connectivity index (χ4v) is 5.42. The number of H-pyrrole nitrogens is 1. The van der Waals surface area contributed by atoms with E-state index in [-0.39, 0.29) is 17.0 Å². The molecular formula is C20H18Br2N4S2. The number of nitrogens with zero attached hydrogens (tertiary/aromatic N) is 3. The Kier molecular flexibility index (Phi) is 5.73. The summed E-state index contributed by atoms with van der Waals surface area (Å²) in [5.74, 6) is 0. The van der Waals surface area contributed by atoms with Gasteiger partial charge in [-0.05, 0) is 53.9 Å². The summed E-state index contributed by atoms with van der Waals surface area (Å²) in [6.07, 6.45) is 4.32. The Bertz CT molecular complexity index is 1220. The smallest absolute Gasteiger partial charge is 0.206 e. The number of aryl methyl sites for hydroxylation is 1. The maximum Gasteiger partial charge on any atom is 0.206 e. The van der Waals surface area contributed by atoms with E-state index in [1.807, 2.05) is 17.0 Å². The Morgan fingerprint density at radius 1 is 1.21 bits per heavy atom. The lowest BCUT2D eigenvalue weighted by Crippen LogP contribution is -2.12. The summed E-state index contributed by atoms with van der Waals surface area (Å²) in [6, 6.07) is 13.0. The third-order valence-corrected chi connectivity index (χ3v) is 7.07. The molecule has 0 amide bonds. The normalized spacial score (nSPS) is 14.9. The molecule has 4 aromatic rings. The molecule has 0 aliphatic heterocycles. The summed E-state index contributed by atoms with van der Waals surface area (Å²) in [7, 11) is 0. The van der Waals surface area contributed by atoms with Crippen LogP contribution in [0.5, 0.6) is 0 Å². The van der Waals surface area contributed by atoms with E-state index in [0.29, 0.717) is 6.04 Å². The highest BCUT2D eigenvalue weighted by Gasteiger charge is 2.21. The molecule has 0 bridgehead atoms. The molecule has 0 unspecified atom stereocenters. The topological polar surface area (TPSA) is 45.4 Å². The number of rotatable bonds is 4. The van der Waals surface area contributed by atoms with Crippen molar-refractivity contribution in [3.05, 3.63) is 61.6 Å². The van der Waals surface area contributed by atoms with E-state index < -0.39 is 0 Å². The van der Waals surface area contributed by atoms with E-state index >= 15 is 0 Å². The van der Waals surface area contributed by atoms with E-state index in [0.717, 1.165) is 31.1 Å². The van der Waals surface area contributed by atoms with Gasteiger partial charge < -0.3 is 4.98 Å². The van der Waals surface area contributed by atoms with Crippen LogP contribution in [0.15, 0.2) is 55.7 Å². The molecule has 1 aromatic carbocycles. The molecule has 0 spiro atoms. The van der Waals surface area contributed by atoms with E-state index in [2.05, 4.69) is 63.5 Å². The molecule has 8 heteroatoms. The first-order valence-corrected chi connectivity index (χ1v) is 11.3. The van der Waals surface area contributed by atoms with Crippen molar-refractivity contribution in [2.24, 2.45) is 10.1 Å². The molecule has 3 aromatic heterocycles. The number of thiophene rings is 1. The maximum atomic E-state index is 4.87. The molecule has 1 saturated carbocycles. The number of para-hydroxylation sites is 1. The molecule has 0 saturated heterocycles. The van der Waals surface area contributed by atoms with Crippen molar-refractivity contribution in [2.75, 3.05) is 0 Å². The highest BCUT2D eigenvalue weighted by atomic mass is 79.9. The van der Waals surface area contributed by atoms with Crippen LogP contribution < -0.4 is 4.80 Å². The fourth-order valence-electron chi connectivity index (χ4n) is 3.06. The standard InChI is InChI=1S/C20H17BrN4S2.BrH/c1-12-15(14-4-2-3-5-16(14)23-12)10-22-25-17(18-8-9-19(21)27-18)11-26-20(25)24-13-6-7-13;/h2-5,8-11,13,23H,6-7H2,1H3;1H. The fraction of sp³-hybridized carbons (Fsp3) is 0.200. The Morgan fingerprint density at radius 3 is 2.79 bits per heavy atom. The number of benzene rings is 1. The van der Waals surface area contributed by atoms with Crippen LogP contribution in [0.4, 0.5) is 0 Å². The highest BCUT2D eigenvalue weighted by Crippen LogP contribution is 2.32. The monoisotopic (exact) mass is 536 g/mol. The molecule has 0 atom stereocenters. The van der Waals surface area contributed by atoms with E-state index in [1.54, 1.807) is 22.7 Å². The minimum atomic E-state index is 0. The number of fused-ring (bicyclic) bond motifs is 1. The quantitative estimate of drug-likeness (QED) is 0.295. The van der Waals surface area contributed by atoms with Crippen LogP contribution in [0.2, 0.25) is 0 Å². The molecule has 4 nitrogen and oxygen atoms in total. The predicted molar refractivity (Wildman–Crippen MR) is 128 cm³/mol. The zero-order chi connectivity index (χ0) is 18.4. The van der Waals surface area contributed by atoms with Crippen molar-refractivity contribution in [3.8, 4) is 10.6 Å². The van der Waals surface area contributed by atoms with Gasteiger partial charge in [0.2, 0.25) is 4.80 Å². The first kappa shape index (κ1) is 19.8. The van der Waals surface area contributed by atoms with E-state index in [4.69, 9.17) is 10.1 Å². The molecule has 1 aliphatic carbocycles. The maximum absolute atomic E-state index is 4.87. The van der Waals surface area contributed by atoms with Crippen LogP contribution in [-0.4, -0.2) is 21.9 Å². The summed E-state index contributed by atoms with van der Waals surface area (Å²) >= 11 is 6.94. The van der Waals surface area contributed by atoms with Gasteiger partial charge in [0.25, 0.3) is 0 Å². The van der Waals surface area contributed by atoms with Gasteiger partial charge in [0, 0.05) is 27.5 Å². The molecule has 5 rings (SSSR count). The number of nitrogens with one attached hydrogen (secondary N) is 1. The number of aromatic amines is 1. The Labute approximate surface area is 189 Å². The van der Waals surface area contributed by atoms with Crippen molar-refractivity contribution in [1.82, 2.24) is 9.66 Å². The SMILES string of the molecule is Br.Cc1[nH]c2ccccc2c1C=Nn1c(-c2ccc(Br)s2)csc1=NC1CC1. The number of thiazole rings is 1. The third-order valence-electron chi connectivity index (χ3n) is 4.60. The first-order chi connectivity index (χ1) is 13.2. The number of hydrogen-bond donors (Lipinski definition) is 1. The lowest BCUT2D eigenvalue weighted by Gasteiger charge is -2.01. The van der Waals surface area contributed by atoms with Gasteiger partial charge in [-0.15, -0.1) is 39.7 Å². The summed E-state index contributed by atoms with van der Waals surface area (Å²) in [5.41, 5.74) is 4.47. The zero-order valence-corrected chi connectivity index (χ0v) is 20.0. The summed E-state index contributed by atoms with van der Waals surface area (Å²) < 4.78 is 3.11. The lowest BCUT2D eigenvalue weighted by molar-refractivity contribution is 0.824.